The number of hydrogen-bond acceptors (Lipinski definition) is 7. The predicted molar refractivity (Wildman–Crippen MR) is 91.3 cm³/mol. The second kappa shape index (κ2) is 7.72. The van der Waals surface area contributed by atoms with E-state index < -0.39 is 5.97 Å². The van der Waals surface area contributed by atoms with E-state index in [9.17, 15) is 4.79 Å². The molecular weight excluding hydrogens is 306 g/mol. The molecule has 2 aromatic heterocycles. The molecule has 1 saturated heterocycles. The van der Waals surface area contributed by atoms with Gasteiger partial charge in [0.2, 0.25) is 5.82 Å². The highest BCUT2D eigenvalue weighted by Crippen LogP contribution is 2.17. The molecule has 126 valence electrons. The van der Waals surface area contributed by atoms with Crippen molar-refractivity contribution in [2.75, 3.05) is 42.6 Å². The number of rotatable bonds is 4. The van der Waals surface area contributed by atoms with Crippen molar-refractivity contribution in [2.45, 2.75) is 13.3 Å². The van der Waals surface area contributed by atoms with Gasteiger partial charge in [-0.1, -0.05) is 6.07 Å². The number of pyridine rings is 1. The van der Waals surface area contributed by atoms with Crippen LogP contribution in [0.3, 0.4) is 0 Å². The maximum absolute atomic E-state index is 11.8. The van der Waals surface area contributed by atoms with Crippen LogP contribution in [0.15, 0.2) is 36.7 Å². The number of esters is 1. The fourth-order valence-electron chi connectivity index (χ4n) is 2.74. The Hall–Kier alpha value is -2.70. The number of carbonyl (C=O) groups excluding carboxylic acids is 1. The summed E-state index contributed by atoms with van der Waals surface area (Å²) in [5, 5.41) is 0. The van der Waals surface area contributed by atoms with Gasteiger partial charge < -0.3 is 14.5 Å². The molecule has 0 amide bonds. The van der Waals surface area contributed by atoms with Crippen molar-refractivity contribution in [1.29, 1.82) is 0 Å². The van der Waals surface area contributed by atoms with Crippen LogP contribution in [0.25, 0.3) is 0 Å². The SMILES string of the molecule is CCOC(=O)c1nccc(N2CCCN(c3ccccn3)CC2)n1. The van der Waals surface area contributed by atoms with Crippen LogP contribution in [0.2, 0.25) is 0 Å². The Bertz CT molecular complexity index is 680. The summed E-state index contributed by atoms with van der Waals surface area (Å²) < 4.78 is 4.97. The Morgan fingerprint density at radius 2 is 1.83 bits per heavy atom. The van der Waals surface area contributed by atoms with Crippen LogP contribution in [0.4, 0.5) is 11.6 Å². The highest BCUT2D eigenvalue weighted by molar-refractivity contribution is 5.85. The van der Waals surface area contributed by atoms with Gasteiger partial charge in [-0.2, -0.15) is 0 Å². The van der Waals surface area contributed by atoms with Crippen molar-refractivity contribution in [3.63, 3.8) is 0 Å². The summed E-state index contributed by atoms with van der Waals surface area (Å²) in [6.45, 7) is 5.58. The molecule has 1 aliphatic rings. The minimum atomic E-state index is -0.482. The lowest BCUT2D eigenvalue weighted by atomic mass is 10.3. The summed E-state index contributed by atoms with van der Waals surface area (Å²) >= 11 is 0. The fourth-order valence-corrected chi connectivity index (χ4v) is 2.74. The Kier molecular flexibility index (Phi) is 5.20. The lowest BCUT2D eigenvalue weighted by Gasteiger charge is -2.23. The van der Waals surface area contributed by atoms with Crippen molar-refractivity contribution in [3.8, 4) is 0 Å². The van der Waals surface area contributed by atoms with Gasteiger partial charge in [0.25, 0.3) is 0 Å². The van der Waals surface area contributed by atoms with Gasteiger partial charge in [0, 0.05) is 38.6 Å². The zero-order chi connectivity index (χ0) is 16.8. The van der Waals surface area contributed by atoms with Gasteiger partial charge in [-0.15, -0.1) is 0 Å². The van der Waals surface area contributed by atoms with E-state index in [0.717, 1.165) is 44.2 Å². The van der Waals surface area contributed by atoms with Gasteiger partial charge in [0.15, 0.2) is 0 Å². The summed E-state index contributed by atoms with van der Waals surface area (Å²) in [6, 6.07) is 7.78. The number of carbonyl (C=O) groups is 1. The third-order valence-electron chi connectivity index (χ3n) is 3.89. The first-order valence-electron chi connectivity index (χ1n) is 8.19. The lowest BCUT2D eigenvalue weighted by Crippen LogP contribution is -2.31. The first-order chi connectivity index (χ1) is 11.8. The number of ether oxygens (including phenoxy) is 1. The molecule has 2 aromatic rings. The topological polar surface area (TPSA) is 71.5 Å². The molecular formula is C17H21N5O2. The Balaban J connectivity index is 1.70. The molecule has 1 fully saturated rings. The van der Waals surface area contributed by atoms with Crippen molar-refractivity contribution >= 4 is 17.6 Å². The molecule has 0 aliphatic carbocycles. The second-order valence-electron chi connectivity index (χ2n) is 5.47. The van der Waals surface area contributed by atoms with E-state index in [1.807, 2.05) is 30.5 Å². The van der Waals surface area contributed by atoms with Crippen LogP contribution in [-0.4, -0.2) is 53.7 Å². The second-order valence-corrected chi connectivity index (χ2v) is 5.47. The first kappa shape index (κ1) is 16.2. The quantitative estimate of drug-likeness (QED) is 0.792. The average molecular weight is 327 g/mol. The van der Waals surface area contributed by atoms with Gasteiger partial charge in [0.1, 0.15) is 11.6 Å². The molecule has 7 nitrogen and oxygen atoms in total. The highest BCUT2D eigenvalue weighted by atomic mass is 16.5. The molecule has 0 spiro atoms. The summed E-state index contributed by atoms with van der Waals surface area (Å²) in [6.07, 6.45) is 4.42. The van der Waals surface area contributed by atoms with Crippen LogP contribution in [0.1, 0.15) is 24.0 Å². The molecule has 0 aromatic carbocycles. The normalized spacial score (nSPS) is 15.0. The Morgan fingerprint density at radius 1 is 1.04 bits per heavy atom. The molecule has 0 N–H and O–H groups in total. The van der Waals surface area contributed by atoms with Gasteiger partial charge in [-0.05, 0) is 31.5 Å². The summed E-state index contributed by atoms with van der Waals surface area (Å²) in [4.78, 5) is 29.0. The van der Waals surface area contributed by atoms with Gasteiger partial charge in [-0.3, -0.25) is 0 Å². The molecule has 0 unspecified atom stereocenters. The van der Waals surface area contributed by atoms with E-state index in [1.165, 1.54) is 0 Å². The molecule has 1 aliphatic heterocycles. The molecule has 0 bridgehead atoms. The van der Waals surface area contributed by atoms with Gasteiger partial charge in [0.05, 0.1) is 6.61 Å². The standard InChI is InChI=1S/C17H21N5O2/c1-2-24-17(23)16-19-9-7-15(20-16)22-11-5-10-21(12-13-22)14-6-3-4-8-18-14/h3-4,6-9H,2,5,10-13H2,1H3. The molecule has 3 rings (SSSR count). The van der Waals surface area contributed by atoms with Crippen molar-refractivity contribution in [1.82, 2.24) is 15.0 Å². The van der Waals surface area contributed by atoms with Crippen LogP contribution >= 0.6 is 0 Å². The van der Waals surface area contributed by atoms with E-state index in [0.29, 0.717) is 6.61 Å². The summed E-state index contributed by atoms with van der Waals surface area (Å²) in [7, 11) is 0. The van der Waals surface area contributed by atoms with Crippen LogP contribution in [-0.2, 0) is 4.74 Å². The lowest BCUT2D eigenvalue weighted by molar-refractivity contribution is 0.0512. The van der Waals surface area contributed by atoms with E-state index in [-0.39, 0.29) is 5.82 Å². The van der Waals surface area contributed by atoms with Crippen molar-refractivity contribution < 1.29 is 9.53 Å². The molecule has 3 heterocycles. The van der Waals surface area contributed by atoms with Crippen molar-refractivity contribution in [2.24, 2.45) is 0 Å². The van der Waals surface area contributed by atoms with Gasteiger partial charge in [-0.25, -0.2) is 19.7 Å². The fraction of sp³-hybridized carbons (Fsp3) is 0.412. The molecule has 0 atom stereocenters. The van der Waals surface area contributed by atoms with Crippen molar-refractivity contribution in [3.05, 3.63) is 42.5 Å². The van der Waals surface area contributed by atoms with Crippen LogP contribution in [0.5, 0.6) is 0 Å². The summed E-state index contributed by atoms with van der Waals surface area (Å²) in [5.41, 5.74) is 0. The van der Waals surface area contributed by atoms with E-state index in [4.69, 9.17) is 4.74 Å². The molecule has 0 radical (unpaired) electrons. The van der Waals surface area contributed by atoms with E-state index >= 15 is 0 Å². The largest absolute Gasteiger partial charge is 0.460 e. The predicted octanol–water partition coefficient (Wildman–Crippen LogP) is 1.76. The number of aromatic nitrogens is 3. The Morgan fingerprint density at radius 3 is 2.54 bits per heavy atom. The van der Waals surface area contributed by atoms with Gasteiger partial charge >= 0.3 is 5.97 Å². The smallest absolute Gasteiger partial charge is 0.376 e. The zero-order valence-corrected chi connectivity index (χ0v) is 13.8. The monoisotopic (exact) mass is 327 g/mol. The molecule has 7 heteroatoms. The number of hydrogen-bond donors (Lipinski definition) is 0. The van der Waals surface area contributed by atoms with E-state index in [2.05, 4.69) is 24.8 Å². The average Bonchev–Trinajstić information content (AvgIpc) is 2.89. The third kappa shape index (κ3) is 3.79. The highest BCUT2D eigenvalue weighted by Gasteiger charge is 2.19. The van der Waals surface area contributed by atoms with Crippen LogP contribution < -0.4 is 9.80 Å². The van der Waals surface area contributed by atoms with Crippen LogP contribution in [0, 0.1) is 0 Å². The zero-order valence-electron chi connectivity index (χ0n) is 13.8. The minimum Gasteiger partial charge on any atom is -0.460 e. The molecule has 0 saturated carbocycles. The van der Waals surface area contributed by atoms with E-state index in [1.54, 1.807) is 13.1 Å². The maximum Gasteiger partial charge on any atom is 0.376 e. The minimum absolute atomic E-state index is 0.111. The summed E-state index contributed by atoms with van der Waals surface area (Å²) in [5.74, 6) is 1.38. The first-order valence-corrected chi connectivity index (χ1v) is 8.19. The Labute approximate surface area is 141 Å². The number of anilines is 2. The third-order valence-corrected chi connectivity index (χ3v) is 3.89. The maximum atomic E-state index is 11.8. The molecule has 24 heavy (non-hydrogen) atoms. The number of nitrogens with zero attached hydrogens (tertiary/aromatic N) is 5.